The summed E-state index contributed by atoms with van der Waals surface area (Å²) in [5.74, 6) is 0.886. The number of para-hydroxylation sites is 1. The molecule has 4 aromatic rings. The molecule has 0 amide bonds. The number of nitrogens with zero attached hydrogens (tertiary/aromatic N) is 4. The molecule has 0 bridgehead atoms. The molecule has 7 heteroatoms. The maximum Gasteiger partial charge on any atom is 0.255 e. The predicted octanol–water partition coefficient (Wildman–Crippen LogP) is 2.13. The van der Waals surface area contributed by atoms with Crippen molar-refractivity contribution in [2.75, 3.05) is 6.54 Å². The molecule has 0 radical (unpaired) electrons. The van der Waals surface area contributed by atoms with Crippen LogP contribution in [0.5, 0.6) is 0 Å². The van der Waals surface area contributed by atoms with Gasteiger partial charge in [-0.3, -0.25) is 9.69 Å². The van der Waals surface area contributed by atoms with Crippen molar-refractivity contribution in [3.8, 4) is 0 Å². The zero-order chi connectivity index (χ0) is 18.4. The van der Waals surface area contributed by atoms with Gasteiger partial charge in [0, 0.05) is 43.7 Å². The van der Waals surface area contributed by atoms with Crippen molar-refractivity contribution < 1.29 is 0 Å². The van der Waals surface area contributed by atoms with E-state index in [0.717, 1.165) is 46.6 Å². The molecule has 1 atom stereocenters. The van der Waals surface area contributed by atoms with Gasteiger partial charge in [-0.05, 0) is 17.5 Å². The Kier molecular flexibility index (Phi) is 3.68. The Hall–Kier alpha value is -3.19. The summed E-state index contributed by atoms with van der Waals surface area (Å²) in [5.41, 5.74) is 3.72. The van der Waals surface area contributed by atoms with Crippen molar-refractivity contribution >= 4 is 10.9 Å². The molecule has 1 aliphatic heterocycles. The van der Waals surface area contributed by atoms with Crippen molar-refractivity contribution in [1.82, 2.24) is 29.4 Å². The van der Waals surface area contributed by atoms with Crippen molar-refractivity contribution in [1.29, 1.82) is 0 Å². The van der Waals surface area contributed by atoms with Gasteiger partial charge in [0.05, 0.1) is 30.1 Å². The lowest BCUT2D eigenvalue weighted by Gasteiger charge is -2.34. The number of fused-ring (bicyclic) bond motifs is 2. The predicted molar refractivity (Wildman–Crippen MR) is 102 cm³/mol. The number of H-pyrrole nitrogens is 2. The smallest absolute Gasteiger partial charge is 0.255 e. The molecule has 1 aliphatic rings. The van der Waals surface area contributed by atoms with Crippen LogP contribution in [0.15, 0.2) is 53.8 Å². The Balaban J connectivity index is 1.69. The molecule has 27 heavy (non-hydrogen) atoms. The molecule has 1 aromatic carbocycles. The minimum Gasteiger partial charge on any atom is -0.348 e. The molecule has 4 heterocycles. The monoisotopic (exact) mass is 360 g/mol. The van der Waals surface area contributed by atoms with Gasteiger partial charge >= 0.3 is 0 Å². The lowest BCUT2D eigenvalue weighted by molar-refractivity contribution is 0.194. The normalized spacial score (nSPS) is 17.3. The van der Waals surface area contributed by atoms with Crippen LogP contribution in [0.2, 0.25) is 0 Å². The molecular formula is C20H20N6O. The van der Waals surface area contributed by atoms with E-state index in [0.29, 0.717) is 6.54 Å². The zero-order valence-electron chi connectivity index (χ0n) is 15.0. The van der Waals surface area contributed by atoms with Crippen LogP contribution >= 0.6 is 0 Å². The molecule has 3 aromatic heterocycles. The largest absolute Gasteiger partial charge is 0.348 e. The number of imidazole rings is 2. The van der Waals surface area contributed by atoms with Gasteiger partial charge in [-0.2, -0.15) is 0 Å². The number of benzene rings is 1. The number of pyridine rings is 1. The summed E-state index contributed by atoms with van der Waals surface area (Å²) in [5, 5.41) is 1.05. The highest BCUT2D eigenvalue weighted by molar-refractivity contribution is 5.79. The van der Waals surface area contributed by atoms with E-state index >= 15 is 0 Å². The van der Waals surface area contributed by atoms with Crippen LogP contribution in [-0.2, 0) is 20.0 Å². The van der Waals surface area contributed by atoms with E-state index in [1.165, 1.54) is 0 Å². The first-order valence-corrected chi connectivity index (χ1v) is 9.05. The first-order chi connectivity index (χ1) is 13.2. The van der Waals surface area contributed by atoms with Gasteiger partial charge in [-0.1, -0.05) is 18.2 Å². The molecule has 0 saturated carbocycles. The number of nitrogens with one attached hydrogen (secondary N) is 2. The SMILES string of the molecule is Cn1c(=O)c([C@@H]2c3nc[nH]c3CCN2Cc2ncc[nH]2)cc2ccccc21. The maximum absolute atomic E-state index is 13.2. The average Bonchev–Trinajstić information content (AvgIpc) is 3.36. The Bertz CT molecular complexity index is 1160. The Morgan fingerprint density at radius 2 is 2.11 bits per heavy atom. The third-order valence-corrected chi connectivity index (χ3v) is 5.39. The van der Waals surface area contributed by atoms with Gasteiger partial charge in [0.2, 0.25) is 0 Å². The van der Waals surface area contributed by atoms with Gasteiger partial charge in [-0.15, -0.1) is 0 Å². The lowest BCUT2D eigenvalue weighted by Crippen LogP contribution is -2.39. The summed E-state index contributed by atoms with van der Waals surface area (Å²) in [6, 6.07) is 9.79. The van der Waals surface area contributed by atoms with Gasteiger partial charge in [-0.25, -0.2) is 9.97 Å². The molecule has 0 fully saturated rings. The number of aryl methyl sites for hydroxylation is 1. The van der Waals surface area contributed by atoms with Gasteiger partial charge in [0.25, 0.3) is 5.56 Å². The molecule has 5 rings (SSSR count). The van der Waals surface area contributed by atoms with E-state index < -0.39 is 0 Å². The standard InChI is InChI=1S/C20H20N6O/c1-25-16-5-3-2-4-13(16)10-14(20(25)27)19-18-15(23-12-24-18)6-9-26(19)11-17-21-7-8-22-17/h2-5,7-8,10,12,19H,6,9,11H2,1H3,(H,21,22)(H,23,24)/t19-/m1/s1. The third kappa shape index (κ3) is 2.59. The van der Waals surface area contributed by atoms with Crippen LogP contribution in [0, 0.1) is 0 Å². The van der Waals surface area contributed by atoms with Gasteiger partial charge in [0.1, 0.15) is 5.82 Å². The molecular weight excluding hydrogens is 340 g/mol. The van der Waals surface area contributed by atoms with Crippen molar-refractivity contribution in [2.45, 2.75) is 19.0 Å². The summed E-state index contributed by atoms with van der Waals surface area (Å²) in [4.78, 5) is 30.8. The van der Waals surface area contributed by atoms with Crippen LogP contribution in [0.1, 0.15) is 28.8 Å². The molecule has 0 spiro atoms. The summed E-state index contributed by atoms with van der Waals surface area (Å²) in [6.07, 6.45) is 6.17. The Labute approximate surface area is 155 Å². The minimum atomic E-state index is -0.201. The molecule has 0 aliphatic carbocycles. The van der Waals surface area contributed by atoms with Crippen LogP contribution in [0.25, 0.3) is 10.9 Å². The number of aromatic nitrogens is 5. The highest BCUT2D eigenvalue weighted by Crippen LogP contribution is 2.33. The second-order valence-corrected chi connectivity index (χ2v) is 6.95. The van der Waals surface area contributed by atoms with E-state index in [1.54, 1.807) is 17.1 Å². The lowest BCUT2D eigenvalue weighted by atomic mass is 9.95. The fourth-order valence-electron chi connectivity index (χ4n) is 4.06. The topological polar surface area (TPSA) is 82.6 Å². The fraction of sp³-hybridized carbons (Fsp3) is 0.250. The molecule has 7 nitrogen and oxygen atoms in total. The van der Waals surface area contributed by atoms with E-state index in [-0.39, 0.29) is 11.6 Å². The number of hydrogen-bond acceptors (Lipinski definition) is 4. The number of aromatic amines is 2. The van der Waals surface area contributed by atoms with Crippen molar-refractivity contribution in [3.05, 3.63) is 82.2 Å². The van der Waals surface area contributed by atoms with Crippen LogP contribution in [-0.4, -0.2) is 35.9 Å². The molecule has 0 unspecified atom stereocenters. The van der Waals surface area contributed by atoms with Crippen molar-refractivity contribution in [3.63, 3.8) is 0 Å². The van der Waals surface area contributed by atoms with Crippen LogP contribution in [0.3, 0.4) is 0 Å². The van der Waals surface area contributed by atoms with Crippen LogP contribution in [0.4, 0.5) is 0 Å². The fourth-order valence-corrected chi connectivity index (χ4v) is 4.06. The summed E-state index contributed by atoms with van der Waals surface area (Å²) in [7, 11) is 1.83. The second-order valence-electron chi connectivity index (χ2n) is 6.95. The summed E-state index contributed by atoms with van der Waals surface area (Å²) >= 11 is 0. The van der Waals surface area contributed by atoms with Gasteiger partial charge in [0.15, 0.2) is 0 Å². The Morgan fingerprint density at radius 3 is 2.96 bits per heavy atom. The molecule has 2 N–H and O–H groups in total. The van der Waals surface area contributed by atoms with E-state index in [9.17, 15) is 4.79 Å². The first-order valence-electron chi connectivity index (χ1n) is 9.05. The quantitative estimate of drug-likeness (QED) is 0.586. The molecule has 0 saturated heterocycles. The average molecular weight is 360 g/mol. The highest BCUT2D eigenvalue weighted by atomic mass is 16.1. The van der Waals surface area contributed by atoms with E-state index in [1.807, 2.05) is 43.6 Å². The van der Waals surface area contributed by atoms with E-state index in [2.05, 4.69) is 24.8 Å². The number of hydrogen-bond donors (Lipinski definition) is 2. The Morgan fingerprint density at radius 1 is 1.22 bits per heavy atom. The summed E-state index contributed by atoms with van der Waals surface area (Å²) < 4.78 is 1.73. The maximum atomic E-state index is 13.2. The highest BCUT2D eigenvalue weighted by Gasteiger charge is 2.33. The van der Waals surface area contributed by atoms with Gasteiger partial charge < -0.3 is 14.5 Å². The van der Waals surface area contributed by atoms with Crippen molar-refractivity contribution in [2.24, 2.45) is 7.05 Å². The van der Waals surface area contributed by atoms with E-state index in [4.69, 9.17) is 0 Å². The minimum absolute atomic E-state index is 0.0130. The molecule has 136 valence electrons. The third-order valence-electron chi connectivity index (χ3n) is 5.39. The summed E-state index contributed by atoms with van der Waals surface area (Å²) in [6.45, 7) is 1.47. The second kappa shape index (κ2) is 6.21. The number of rotatable bonds is 3. The zero-order valence-corrected chi connectivity index (χ0v) is 15.0. The van der Waals surface area contributed by atoms with Crippen LogP contribution < -0.4 is 5.56 Å². The first kappa shape index (κ1) is 16.0.